The summed E-state index contributed by atoms with van der Waals surface area (Å²) in [6.07, 6.45) is 8.17. The highest BCUT2D eigenvalue weighted by Crippen LogP contribution is 2.17. The summed E-state index contributed by atoms with van der Waals surface area (Å²) in [6.45, 7) is 12.6. The molecule has 2 N–H and O–H groups in total. The molecule has 0 spiro atoms. The number of halogens is 1. The van der Waals surface area contributed by atoms with Crippen molar-refractivity contribution in [2.24, 2.45) is 10.9 Å². The zero-order valence-electron chi connectivity index (χ0n) is 18.5. The van der Waals surface area contributed by atoms with Crippen LogP contribution in [0.2, 0.25) is 0 Å². The summed E-state index contributed by atoms with van der Waals surface area (Å²) in [4.78, 5) is 11.8. The summed E-state index contributed by atoms with van der Waals surface area (Å²) >= 11 is 0. The Bertz CT molecular complexity index is 557. The SMILES string of the molecule is CCNC(=NCc1ccc(N2CCCCCC2)nc1)NCCCOCC(C)C.I. The van der Waals surface area contributed by atoms with Crippen molar-refractivity contribution in [1.82, 2.24) is 15.6 Å². The number of guanidine groups is 1. The summed E-state index contributed by atoms with van der Waals surface area (Å²) in [6, 6.07) is 4.29. The number of hydrogen-bond acceptors (Lipinski definition) is 4. The lowest BCUT2D eigenvalue weighted by Gasteiger charge is -2.21. The van der Waals surface area contributed by atoms with Crippen molar-refractivity contribution in [1.29, 1.82) is 0 Å². The molecular formula is C22H40IN5O. The van der Waals surface area contributed by atoms with Gasteiger partial charge in [0.2, 0.25) is 0 Å². The molecule has 7 heteroatoms. The highest BCUT2D eigenvalue weighted by Gasteiger charge is 2.10. The van der Waals surface area contributed by atoms with Crippen LogP contribution in [0.4, 0.5) is 5.82 Å². The maximum Gasteiger partial charge on any atom is 0.191 e. The lowest BCUT2D eigenvalue weighted by Crippen LogP contribution is -2.38. The van der Waals surface area contributed by atoms with Gasteiger partial charge < -0.3 is 20.3 Å². The van der Waals surface area contributed by atoms with Gasteiger partial charge in [-0.2, -0.15) is 0 Å². The molecule has 1 aromatic rings. The molecule has 0 unspecified atom stereocenters. The predicted octanol–water partition coefficient (Wildman–Crippen LogP) is 4.20. The van der Waals surface area contributed by atoms with Crippen molar-refractivity contribution < 1.29 is 4.74 Å². The average Bonchev–Trinajstić information content (AvgIpc) is 2.98. The maximum atomic E-state index is 5.62. The third kappa shape index (κ3) is 11.0. The van der Waals surface area contributed by atoms with Crippen molar-refractivity contribution in [3.63, 3.8) is 0 Å². The van der Waals surface area contributed by atoms with Crippen LogP contribution in [0.15, 0.2) is 23.3 Å². The van der Waals surface area contributed by atoms with Gasteiger partial charge in [-0.1, -0.05) is 32.8 Å². The molecule has 0 saturated carbocycles. The van der Waals surface area contributed by atoms with E-state index in [-0.39, 0.29) is 24.0 Å². The molecule has 0 radical (unpaired) electrons. The van der Waals surface area contributed by atoms with Crippen LogP contribution < -0.4 is 15.5 Å². The standard InChI is InChI=1S/C22H39N5O.HI/c1-4-23-22(24-12-9-15-28-18-19(2)3)26-17-20-10-11-21(25-16-20)27-13-7-5-6-8-14-27;/h10-11,16,19H,4-9,12-15,17-18H2,1-3H3,(H2,23,24,26);1H. The average molecular weight is 518 g/mol. The molecule has 1 aromatic heterocycles. The van der Waals surface area contributed by atoms with E-state index in [2.05, 4.69) is 58.4 Å². The fourth-order valence-corrected chi connectivity index (χ4v) is 3.21. The Morgan fingerprint density at radius 1 is 1.17 bits per heavy atom. The molecular weight excluding hydrogens is 477 g/mol. The first-order valence-electron chi connectivity index (χ1n) is 11.0. The van der Waals surface area contributed by atoms with Crippen molar-refractivity contribution in [2.45, 2.75) is 59.4 Å². The fourth-order valence-electron chi connectivity index (χ4n) is 3.21. The second-order valence-electron chi connectivity index (χ2n) is 7.87. The molecule has 0 aliphatic carbocycles. The topological polar surface area (TPSA) is 61.8 Å². The van der Waals surface area contributed by atoms with Gasteiger partial charge in [0.25, 0.3) is 0 Å². The quantitative estimate of drug-likeness (QED) is 0.211. The lowest BCUT2D eigenvalue weighted by molar-refractivity contribution is 0.108. The van der Waals surface area contributed by atoms with E-state index in [1.54, 1.807) is 0 Å². The summed E-state index contributed by atoms with van der Waals surface area (Å²) < 4.78 is 5.62. The van der Waals surface area contributed by atoms with Crippen molar-refractivity contribution in [3.8, 4) is 0 Å². The third-order valence-electron chi connectivity index (χ3n) is 4.71. The fraction of sp³-hybridized carbons (Fsp3) is 0.727. The second kappa shape index (κ2) is 15.7. The molecule has 0 amide bonds. The van der Waals surface area contributed by atoms with Crippen LogP contribution in [-0.4, -0.2) is 50.3 Å². The largest absolute Gasteiger partial charge is 0.381 e. The number of hydrogen-bond donors (Lipinski definition) is 2. The molecule has 0 aromatic carbocycles. The summed E-state index contributed by atoms with van der Waals surface area (Å²) in [5.41, 5.74) is 1.14. The number of aliphatic imine (C=N–C) groups is 1. The highest BCUT2D eigenvalue weighted by atomic mass is 127. The van der Waals surface area contributed by atoms with E-state index in [1.165, 1.54) is 25.7 Å². The van der Waals surface area contributed by atoms with E-state index in [0.717, 1.165) is 63.2 Å². The zero-order valence-corrected chi connectivity index (χ0v) is 20.8. The number of ether oxygens (including phenoxy) is 1. The van der Waals surface area contributed by atoms with Crippen LogP contribution in [0.25, 0.3) is 0 Å². The van der Waals surface area contributed by atoms with Gasteiger partial charge in [-0.25, -0.2) is 9.98 Å². The molecule has 1 saturated heterocycles. The molecule has 29 heavy (non-hydrogen) atoms. The van der Waals surface area contributed by atoms with E-state index in [1.807, 2.05) is 6.20 Å². The molecule has 166 valence electrons. The lowest BCUT2D eigenvalue weighted by atomic mass is 10.2. The normalized spacial score (nSPS) is 15.0. The second-order valence-corrected chi connectivity index (χ2v) is 7.87. The molecule has 1 fully saturated rings. The summed E-state index contributed by atoms with van der Waals surface area (Å²) in [5.74, 6) is 2.54. The van der Waals surface area contributed by atoms with Crippen molar-refractivity contribution >= 4 is 35.8 Å². The maximum absolute atomic E-state index is 5.62. The number of anilines is 1. The van der Waals surface area contributed by atoms with Crippen LogP contribution >= 0.6 is 24.0 Å². The Labute approximate surface area is 194 Å². The van der Waals surface area contributed by atoms with Gasteiger partial charge in [0, 0.05) is 45.6 Å². The van der Waals surface area contributed by atoms with E-state index >= 15 is 0 Å². The third-order valence-corrected chi connectivity index (χ3v) is 4.71. The number of pyridine rings is 1. The van der Waals surface area contributed by atoms with Crippen LogP contribution in [0.1, 0.15) is 58.4 Å². The minimum Gasteiger partial charge on any atom is -0.381 e. The first kappa shape index (κ1) is 25.9. The van der Waals surface area contributed by atoms with E-state index in [0.29, 0.717) is 12.5 Å². The van der Waals surface area contributed by atoms with E-state index < -0.39 is 0 Å². The minimum atomic E-state index is 0. The van der Waals surface area contributed by atoms with Gasteiger partial charge in [0.05, 0.1) is 6.54 Å². The molecule has 1 aliphatic rings. The molecule has 6 nitrogen and oxygen atoms in total. The molecule has 1 aliphatic heterocycles. The van der Waals surface area contributed by atoms with Gasteiger partial charge in [0.1, 0.15) is 5.82 Å². The van der Waals surface area contributed by atoms with Crippen LogP contribution in [0.3, 0.4) is 0 Å². The van der Waals surface area contributed by atoms with Crippen LogP contribution in [0, 0.1) is 5.92 Å². The molecule has 2 rings (SSSR count). The van der Waals surface area contributed by atoms with E-state index in [9.17, 15) is 0 Å². The number of rotatable bonds is 10. The van der Waals surface area contributed by atoms with Crippen LogP contribution in [-0.2, 0) is 11.3 Å². The molecule has 0 atom stereocenters. The van der Waals surface area contributed by atoms with Crippen molar-refractivity contribution in [3.05, 3.63) is 23.9 Å². The zero-order chi connectivity index (χ0) is 20.0. The van der Waals surface area contributed by atoms with Gasteiger partial charge >= 0.3 is 0 Å². The van der Waals surface area contributed by atoms with Gasteiger partial charge in [-0.3, -0.25) is 0 Å². The highest BCUT2D eigenvalue weighted by molar-refractivity contribution is 14.0. The van der Waals surface area contributed by atoms with Gasteiger partial charge in [-0.15, -0.1) is 24.0 Å². The summed E-state index contributed by atoms with van der Waals surface area (Å²) in [5, 5.41) is 6.68. The number of aromatic nitrogens is 1. The Morgan fingerprint density at radius 2 is 1.93 bits per heavy atom. The Hall–Kier alpha value is -1.09. The molecule has 2 heterocycles. The number of nitrogens with zero attached hydrogens (tertiary/aromatic N) is 3. The number of nitrogens with one attached hydrogen (secondary N) is 2. The van der Waals surface area contributed by atoms with E-state index in [4.69, 9.17) is 4.74 Å². The smallest absolute Gasteiger partial charge is 0.191 e. The Kier molecular flexibility index (Phi) is 14.1. The Morgan fingerprint density at radius 3 is 2.55 bits per heavy atom. The van der Waals surface area contributed by atoms with Gasteiger partial charge in [-0.05, 0) is 43.7 Å². The van der Waals surface area contributed by atoms with Gasteiger partial charge in [0.15, 0.2) is 5.96 Å². The molecule has 0 bridgehead atoms. The van der Waals surface area contributed by atoms with Crippen LogP contribution in [0.5, 0.6) is 0 Å². The Balaban J connectivity index is 0.00000420. The predicted molar refractivity (Wildman–Crippen MR) is 133 cm³/mol. The van der Waals surface area contributed by atoms with Crippen molar-refractivity contribution in [2.75, 3.05) is 44.3 Å². The first-order chi connectivity index (χ1) is 13.7. The summed E-state index contributed by atoms with van der Waals surface area (Å²) in [7, 11) is 0. The first-order valence-corrected chi connectivity index (χ1v) is 11.0. The monoisotopic (exact) mass is 517 g/mol. The minimum absolute atomic E-state index is 0.